The molecule has 1 atom stereocenters. The summed E-state index contributed by atoms with van der Waals surface area (Å²) >= 11 is 0. The normalized spacial score (nSPS) is 15.3. The fourth-order valence-corrected chi connectivity index (χ4v) is 1.99. The summed E-state index contributed by atoms with van der Waals surface area (Å²) in [6.45, 7) is 8.51. The fourth-order valence-electron chi connectivity index (χ4n) is 1.99. The summed E-state index contributed by atoms with van der Waals surface area (Å²) < 4.78 is 0. The number of nitrogens with two attached hydrogens (primary N) is 1. The Hall–Kier alpha value is -0.810. The van der Waals surface area contributed by atoms with Crippen LogP contribution in [0.4, 0.5) is 0 Å². The Morgan fingerprint density at radius 2 is 2.06 bits per heavy atom. The molecule has 1 unspecified atom stereocenters. The Morgan fingerprint density at radius 1 is 1.47 bits per heavy atom. The van der Waals surface area contributed by atoms with Gasteiger partial charge in [-0.15, -0.1) is 0 Å². The highest BCUT2D eigenvalue weighted by Gasteiger charge is 2.20. The van der Waals surface area contributed by atoms with Gasteiger partial charge in [0.2, 0.25) is 0 Å². The lowest BCUT2D eigenvalue weighted by atomic mass is 9.92. The molecule has 5 heteroatoms. The van der Waals surface area contributed by atoms with Crippen LogP contribution in [0, 0.1) is 5.41 Å². The van der Waals surface area contributed by atoms with Gasteiger partial charge in [-0.05, 0) is 25.9 Å². The molecule has 0 rings (SSSR count). The van der Waals surface area contributed by atoms with Crippen molar-refractivity contribution in [2.24, 2.45) is 16.3 Å². The predicted molar refractivity (Wildman–Crippen MR) is 72.4 cm³/mol. The first-order valence-corrected chi connectivity index (χ1v) is 6.15. The minimum absolute atomic E-state index is 0.210. The van der Waals surface area contributed by atoms with Gasteiger partial charge in [0, 0.05) is 25.6 Å². The Bertz CT molecular complexity index is 239. The van der Waals surface area contributed by atoms with Crippen LogP contribution in [0.5, 0.6) is 0 Å². The maximum atomic E-state index is 8.55. The second-order valence-electron chi connectivity index (χ2n) is 5.68. The van der Waals surface area contributed by atoms with Crippen LogP contribution in [0.1, 0.15) is 33.6 Å². The summed E-state index contributed by atoms with van der Waals surface area (Å²) in [4.78, 5) is 2.19. The Balaban J connectivity index is 4.13. The van der Waals surface area contributed by atoms with Crippen molar-refractivity contribution < 1.29 is 5.21 Å². The number of nitrogens with one attached hydrogen (secondary N) is 1. The lowest BCUT2D eigenvalue weighted by molar-refractivity contribution is 0.224. The quantitative estimate of drug-likeness (QED) is 0.258. The van der Waals surface area contributed by atoms with E-state index >= 15 is 0 Å². The number of nitrogens with zero attached hydrogens (tertiary/aromatic N) is 2. The summed E-state index contributed by atoms with van der Waals surface area (Å²) in [5.41, 5.74) is 5.73. The Kier molecular flexibility index (Phi) is 7.15. The third-order valence-corrected chi connectivity index (χ3v) is 2.69. The first-order valence-electron chi connectivity index (χ1n) is 6.15. The van der Waals surface area contributed by atoms with Crippen LogP contribution >= 0.6 is 0 Å². The molecule has 0 amide bonds. The third-order valence-electron chi connectivity index (χ3n) is 2.69. The molecule has 5 nitrogen and oxygen atoms in total. The van der Waals surface area contributed by atoms with Gasteiger partial charge in [-0.3, -0.25) is 0 Å². The standard InChI is InChI=1S/C12H28N4O/c1-6-10(7-11(13)15-17)14-8-12(2,3)9-16(4)5/h10,14,17H,6-9H2,1-5H3,(H2,13,15). The summed E-state index contributed by atoms with van der Waals surface area (Å²) in [5, 5.41) is 15.1. The molecule has 0 aromatic heterocycles. The summed E-state index contributed by atoms with van der Waals surface area (Å²) in [7, 11) is 4.16. The van der Waals surface area contributed by atoms with E-state index in [1.165, 1.54) is 0 Å². The van der Waals surface area contributed by atoms with Crippen LogP contribution in [0.2, 0.25) is 0 Å². The van der Waals surface area contributed by atoms with Gasteiger partial charge in [0.15, 0.2) is 0 Å². The molecular weight excluding hydrogens is 216 g/mol. The maximum absolute atomic E-state index is 8.55. The zero-order valence-corrected chi connectivity index (χ0v) is 11.8. The van der Waals surface area contributed by atoms with Crippen LogP contribution in [-0.4, -0.2) is 49.2 Å². The molecule has 0 aliphatic carbocycles. The van der Waals surface area contributed by atoms with Crippen molar-refractivity contribution in [1.29, 1.82) is 0 Å². The molecule has 0 aromatic carbocycles. The molecule has 0 fully saturated rings. The average molecular weight is 244 g/mol. The van der Waals surface area contributed by atoms with E-state index in [0.717, 1.165) is 19.5 Å². The van der Waals surface area contributed by atoms with Gasteiger partial charge in [0.25, 0.3) is 0 Å². The van der Waals surface area contributed by atoms with Gasteiger partial charge in [0.1, 0.15) is 5.84 Å². The minimum atomic E-state index is 0.210. The van der Waals surface area contributed by atoms with E-state index in [2.05, 4.69) is 50.2 Å². The minimum Gasteiger partial charge on any atom is -0.409 e. The first-order chi connectivity index (χ1) is 7.80. The van der Waals surface area contributed by atoms with E-state index in [9.17, 15) is 0 Å². The van der Waals surface area contributed by atoms with E-state index in [1.54, 1.807) is 0 Å². The Labute approximate surface area is 105 Å². The van der Waals surface area contributed by atoms with E-state index in [-0.39, 0.29) is 17.3 Å². The summed E-state index contributed by atoms with van der Waals surface area (Å²) in [6.07, 6.45) is 1.55. The van der Waals surface area contributed by atoms with E-state index in [4.69, 9.17) is 10.9 Å². The third kappa shape index (κ3) is 7.99. The van der Waals surface area contributed by atoms with Gasteiger partial charge >= 0.3 is 0 Å². The number of rotatable bonds is 8. The smallest absolute Gasteiger partial charge is 0.140 e. The highest BCUT2D eigenvalue weighted by Crippen LogP contribution is 2.15. The second-order valence-corrected chi connectivity index (χ2v) is 5.68. The van der Waals surface area contributed by atoms with Gasteiger partial charge in [-0.2, -0.15) is 0 Å². The average Bonchev–Trinajstić information content (AvgIpc) is 2.21. The number of amidine groups is 1. The molecule has 0 aromatic rings. The van der Waals surface area contributed by atoms with Crippen molar-refractivity contribution in [2.75, 3.05) is 27.2 Å². The highest BCUT2D eigenvalue weighted by atomic mass is 16.4. The maximum Gasteiger partial charge on any atom is 0.140 e. The molecule has 0 heterocycles. The van der Waals surface area contributed by atoms with Crippen molar-refractivity contribution in [2.45, 2.75) is 39.7 Å². The van der Waals surface area contributed by atoms with Crippen LogP contribution in [-0.2, 0) is 0 Å². The topological polar surface area (TPSA) is 73.9 Å². The highest BCUT2D eigenvalue weighted by molar-refractivity contribution is 5.80. The van der Waals surface area contributed by atoms with Crippen LogP contribution < -0.4 is 11.1 Å². The Morgan fingerprint density at radius 3 is 2.47 bits per heavy atom. The molecule has 17 heavy (non-hydrogen) atoms. The number of oxime groups is 1. The van der Waals surface area contributed by atoms with Crippen LogP contribution in [0.15, 0.2) is 5.16 Å². The van der Waals surface area contributed by atoms with Crippen molar-refractivity contribution >= 4 is 5.84 Å². The zero-order valence-electron chi connectivity index (χ0n) is 11.8. The molecule has 4 N–H and O–H groups in total. The van der Waals surface area contributed by atoms with E-state index in [0.29, 0.717) is 6.42 Å². The lowest BCUT2D eigenvalue weighted by Gasteiger charge is -2.30. The summed E-state index contributed by atoms with van der Waals surface area (Å²) in [6, 6.07) is 0.271. The summed E-state index contributed by atoms with van der Waals surface area (Å²) in [5.74, 6) is 0.287. The molecule has 0 aliphatic rings. The van der Waals surface area contributed by atoms with E-state index < -0.39 is 0 Å². The number of hydrogen-bond acceptors (Lipinski definition) is 4. The van der Waals surface area contributed by atoms with Crippen LogP contribution in [0.25, 0.3) is 0 Å². The largest absolute Gasteiger partial charge is 0.409 e. The zero-order chi connectivity index (χ0) is 13.5. The molecular formula is C12H28N4O. The van der Waals surface area contributed by atoms with Crippen molar-refractivity contribution in [3.8, 4) is 0 Å². The van der Waals surface area contributed by atoms with E-state index in [1.807, 2.05) is 0 Å². The van der Waals surface area contributed by atoms with Gasteiger partial charge in [-0.25, -0.2) is 0 Å². The molecule has 0 bridgehead atoms. The van der Waals surface area contributed by atoms with Crippen molar-refractivity contribution in [3.63, 3.8) is 0 Å². The molecule has 102 valence electrons. The van der Waals surface area contributed by atoms with Crippen molar-refractivity contribution in [3.05, 3.63) is 0 Å². The monoisotopic (exact) mass is 244 g/mol. The van der Waals surface area contributed by atoms with Gasteiger partial charge in [0.05, 0.1) is 0 Å². The predicted octanol–water partition coefficient (Wildman–Crippen LogP) is 1.08. The molecule has 0 aliphatic heterocycles. The fraction of sp³-hybridized carbons (Fsp3) is 0.917. The lowest BCUT2D eigenvalue weighted by Crippen LogP contribution is -2.42. The molecule has 0 saturated heterocycles. The first kappa shape index (κ1) is 16.2. The van der Waals surface area contributed by atoms with Crippen LogP contribution in [0.3, 0.4) is 0 Å². The number of hydrogen-bond donors (Lipinski definition) is 3. The second kappa shape index (κ2) is 7.50. The molecule has 0 radical (unpaired) electrons. The molecule has 0 spiro atoms. The molecule has 0 saturated carbocycles. The SMILES string of the molecule is CCC(CC(N)=NO)NCC(C)(C)CN(C)C. The van der Waals surface area contributed by atoms with Gasteiger partial charge < -0.3 is 21.2 Å². The van der Waals surface area contributed by atoms with Crippen molar-refractivity contribution in [1.82, 2.24) is 10.2 Å². The van der Waals surface area contributed by atoms with Gasteiger partial charge in [-0.1, -0.05) is 25.9 Å².